The number of carbonyl (C=O) groups is 2. The quantitative estimate of drug-likeness (QED) is 0.327. The van der Waals surface area contributed by atoms with Gasteiger partial charge in [-0.25, -0.2) is 0 Å². The van der Waals surface area contributed by atoms with Crippen LogP contribution in [0.5, 0.6) is 0 Å². The zero-order valence-electron chi connectivity index (χ0n) is 18.1. The van der Waals surface area contributed by atoms with E-state index >= 15 is 0 Å². The normalized spacial score (nSPS) is 25.5. The molecule has 0 spiro atoms. The van der Waals surface area contributed by atoms with E-state index in [0.29, 0.717) is 45.7 Å². The molecule has 0 aromatic carbocycles. The number of epoxide rings is 2. The van der Waals surface area contributed by atoms with Crippen LogP contribution in [0, 0.1) is 5.41 Å². The topological polar surface area (TPSA) is 86.9 Å². The third-order valence-corrected chi connectivity index (χ3v) is 6.22. The van der Waals surface area contributed by atoms with Gasteiger partial charge in [-0.3, -0.25) is 9.59 Å². The Hall–Kier alpha value is -1.02. The molecular formula is C21H36O7. The maximum absolute atomic E-state index is 13.1. The van der Waals surface area contributed by atoms with Crippen LogP contribution < -0.4 is 0 Å². The van der Waals surface area contributed by atoms with E-state index in [9.17, 15) is 9.59 Å². The molecule has 0 N–H and O–H groups in total. The van der Waals surface area contributed by atoms with Crippen LogP contribution in [0.15, 0.2) is 0 Å². The van der Waals surface area contributed by atoms with Gasteiger partial charge in [0.05, 0.1) is 37.9 Å². The Morgan fingerprint density at radius 1 is 1.00 bits per heavy atom. The van der Waals surface area contributed by atoms with Crippen molar-refractivity contribution in [2.75, 3.05) is 26.4 Å². The van der Waals surface area contributed by atoms with Crippen LogP contribution >= 0.6 is 0 Å². The summed E-state index contributed by atoms with van der Waals surface area (Å²) >= 11 is 0. The Morgan fingerprint density at radius 2 is 1.54 bits per heavy atom. The molecule has 0 amide bonds. The summed E-state index contributed by atoms with van der Waals surface area (Å²) in [5, 5.41) is 0. The van der Waals surface area contributed by atoms with E-state index in [2.05, 4.69) is 0 Å². The van der Waals surface area contributed by atoms with Crippen LogP contribution in [0.25, 0.3) is 0 Å². The number of esters is 1. The molecule has 5 atom stereocenters. The van der Waals surface area contributed by atoms with E-state index < -0.39 is 23.1 Å². The Kier molecular flexibility index (Phi) is 8.02. The summed E-state index contributed by atoms with van der Waals surface area (Å²) in [5.41, 5.74) is -1.80. The lowest BCUT2D eigenvalue weighted by Gasteiger charge is -2.35. The molecule has 28 heavy (non-hydrogen) atoms. The van der Waals surface area contributed by atoms with E-state index in [1.54, 1.807) is 6.92 Å². The van der Waals surface area contributed by atoms with Gasteiger partial charge in [0.2, 0.25) is 5.78 Å². The first kappa shape index (κ1) is 23.3. The average molecular weight is 401 g/mol. The van der Waals surface area contributed by atoms with Crippen molar-refractivity contribution in [3.8, 4) is 0 Å². The first-order valence-corrected chi connectivity index (χ1v) is 10.5. The third-order valence-electron chi connectivity index (χ3n) is 6.22. The minimum Gasteiger partial charge on any atom is -0.454 e. The van der Waals surface area contributed by atoms with Gasteiger partial charge >= 0.3 is 5.97 Å². The van der Waals surface area contributed by atoms with Crippen LogP contribution in [-0.2, 0) is 33.3 Å². The van der Waals surface area contributed by atoms with Gasteiger partial charge in [0.25, 0.3) is 0 Å². The highest BCUT2D eigenvalue weighted by Gasteiger charge is 2.45. The molecule has 0 saturated carbocycles. The van der Waals surface area contributed by atoms with Crippen molar-refractivity contribution in [1.29, 1.82) is 0 Å². The molecule has 2 rings (SSSR count). The van der Waals surface area contributed by atoms with Crippen molar-refractivity contribution in [1.82, 2.24) is 0 Å². The number of hydrogen-bond acceptors (Lipinski definition) is 7. The molecule has 2 fully saturated rings. The first-order valence-electron chi connectivity index (χ1n) is 10.5. The van der Waals surface area contributed by atoms with E-state index in [0.717, 1.165) is 0 Å². The summed E-state index contributed by atoms with van der Waals surface area (Å²) in [5.74, 6) is -0.628. The molecule has 5 unspecified atom stereocenters. The molecule has 7 heteroatoms. The Balaban J connectivity index is 1.98. The lowest BCUT2D eigenvalue weighted by Crippen LogP contribution is -2.49. The van der Waals surface area contributed by atoms with Crippen LogP contribution in [0.4, 0.5) is 0 Å². The third kappa shape index (κ3) is 5.53. The molecule has 0 aromatic heterocycles. The van der Waals surface area contributed by atoms with E-state index in [-0.39, 0.29) is 24.1 Å². The molecule has 2 saturated heterocycles. The second-order valence-electron chi connectivity index (χ2n) is 8.08. The summed E-state index contributed by atoms with van der Waals surface area (Å²) in [6.45, 7) is 13.3. The maximum Gasteiger partial charge on any atom is 0.315 e. The monoisotopic (exact) mass is 400 g/mol. The van der Waals surface area contributed by atoms with Gasteiger partial charge in [-0.1, -0.05) is 20.8 Å². The van der Waals surface area contributed by atoms with E-state index in [1.165, 1.54) is 0 Å². The van der Waals surface area contributed by atoms with Gasteiger partial charge in [-0.05, 0) is 40.0 Å². The number of ether oxygens (including phenoxy) is 5. The second-order valence-corrected chi connectivity index (χ2v) is 8.08. The lowest BCUT2D eigenvalue weighted by atomic mass is 9.82. The molecule has 162 valence electrons. The molecule has 0 radical (unpaired) electrons. The highest BCUT2D eigenvalue weighted by Crippen LogP contribution is 2.32. The van der Waals surface area contributed by atoms with E-state index in [4.69, 9.17) is 23.7 Å². The van der Waals surface area contributed by atoms with Crippen molar-refractivity contribution in [3.63, 3.8) is 0 Å². The van der Waals surface area contributed by atoms with Gasteiger partial charge < -0.3 is 23.7 Å². The number of carbonyl (C=O) groups excluding carboxylic acids is 2. The standard InChI is InChI=1S/C21H36O7/c1-7-20(6,15(5)24-10-16-11-25-16)19(23)28-14(4)18(22)21(8-2,9-3)27-13-17-12-26-17/h14-17H,7-13H2,1-6H3. The zero-order valence-corrected chi connectivity index (χ0v) is 18.1. The SMILES string of the molecule is CCC(CC)(OCC1CO1)C(=O)C(C)OC(=O)C(C)(CC)C(C)OCC1CO1. The zero-order chi connectivity index (χ0) is 20.9. The summed E-state index contributed by atoms with van der Waals surface area (Å²) in [6.07, 6.45) is 0.537. The van der Waals surface area contributed by atoms with Crippen LogP contribution in [0.2, 0.25) is 0 Å². The second kappa shape index (κ2) is 9.65. The van der Waals surface area contributed by atoms with Crippen molar-refractivity contribution < 1.29 is 33.3 Å². The first-order chi connectivity index (χ1) is 13.2. The fourth-order valence-corrected chi connectivity index (χ4v) is 3.21. The number of ketones is 1. The Morgan fingerprint density at radius 3 is 2.00 bits per heavy atom. The molecule has 2 aliphatic rings. The Bertz CT molecular complexity index is 537. The van der Waals surface area contributed by atoms with Gasteiger partial charge in [-0.15, -0.1) is 0 Å². The van der Waals surface area contributed by atoms with Crippen molar-refractivity contribution >= 4 is 11.8 Å². The van der Waals surface area contributed by atoms with Crippen LogP contribution in [-0.4, -0.2) is 68.2 Å². The predicted octanol–water partition coefficient (Wildman–Crippen LogP) is 2.68. The number of hydrogen-bond donors (Lipinski definition) is 0. The maximum atomic E-state index is 13.1. The fourth-order valence-electron chi connectivity index (χ4n) is 3.21. The van der Waals surface area contributed by atoms with Crippen LogP contribution in [0.1, 0.15) is 60.8 Å². The average Bonchev–Trinajstić information content (AvgIpc) is 3.60. The van der Waals surface area contributed by atoms with Gasteiger partial charge in [0, 0.05) is 0 Å². The number of rotatable bonds is 14. The summed E-state index contributed by atoms with van der Waals surface area (Å²) in [6, 6.07) is 0. The fraction of sp³-hybridized carbons (Fsp3) is 0.905. The van der Waals surface area contributed by atoms with Crippen molar-refractivity contribution in [2.24, 2.45) is 5.41 Å². The highest BCUT2D eigenvalue weighted by atomic mass is 16.6. The summed E-state index contributed by atoms with van der Waals surface area (Å²) < 4.78 is 27.7. The molecule has 0 bridgehead atoms. The molecule has 0 aliphatic carbocycles. The molecular weight excluding hydrogens is 364 g/mol. The van der Waals surface area contributed by atoms with Crippen molar-refractivity contribution in [3.05, 3.63) is 0 Å². The predicted molar refractivity (Wildman–Crippen MR) is 103 cm³/mol. The van der Waals surface area contributed by atoms with Gasteiger partial charge in [0.15, 0.2) is 6.10 Å². The number of Topliss-reactive ketones (excluding diaryl/α,β-unsaturated/α-hetero) is 1. The summed E-state index contributed by atoms with van der Waals surface area (Å²) in [4.78, 5) is 26.1. The van der Waals surface area contributed by atoms with Gasteiger partial charge in [-0.2, -0.15) is 0 Å². The summed E-state index contributed by atoms with van der Waals surface area (Å²) in [7, 11) is 0. The van der Waals surface area contributed by atoms with Gasteiger partial charge in [0.1, 0.15) is 17.8 Å². The van der Waals surface area contributed by atoms with Crippen LogP contribution in [0.3, 0.4) is 0 Å². The minimum atomic E-state index is -0.959. The highest BCUT2D eigenvalue weighted by molar-refractivity contribution is 5.93. The molecule has 7 nitrogen and oxygen atoms in total. The molecule has 2 aliphatic heterocycles. The Labute approximate surface area is 168 Å². The van der Waals surface area contributed by atoms with Crippen molar-refractivity contribution in [2.45, 2.75) is 90.8 Å². The largest absolute Gasteiger partial charge is 0.454 e. The van der Waals surface area contributed by atoms with E-state index in [1.807, 2.05) is 34.6 Å². The molecule has 0 aromatic rings. The lowest BCUT2D eigenvalue weighted by molar-refractivity contribution is -0.178. The smallest absolute Gasteiger partial charge is 0.315 e. The minimum absolute atomic E-state index is 0.0694. The molecule has 2 heterocycles.